The smallest absolute Gasteiger partial charge is 0.323 e. The Morgan fingerprint density at radius 1 is 1.33 bits per heavy atom. The number of hydrogen-bond donors (Lipinski definition) is 1. The Morgan fingerprint density at radius 2 is 2.08 bits per heavy atom. The maximum Gasteiger partial charge on any atom is 0.323 e. The first kappa shape index (κ1) is 15.3. The van der Waals surface area contributed by atoms with Gasteiger partial charge in [-0.15, -0.1) is 0 Å². The zero-order valence-corrected chi connectivity index (χ0v) is 13.4. The fourth-order valence-corrected chi connectivity index (χ4v) is 4.82. The van der Waals surface area contributed by atoms with E-state index in [1.54, 1.807) is 6.92 Å². The summed E-state index contributed by atoms with van der Waals surface area (Å²) in [6.45, 7) is 2.41. The molecular formula is C18H19NO5. The van der Waals surface area contributed by atoms with Gasteiger partial charge in [0.2, 0.25) is 5.78 Å². The number of ether oxygens (including phenoxy) is 2. The first-order chi connectivity index (χ1) is 11.6. The minimum absolute atomic E-state index is 0.158. The van der Waals surface area contributed by atoms with Gasteiger partial charge in [0.25, 0.3) is 5.91 Å². The molecule has 2 saturated heterocycles. The average molecular weight is 329 g/mol. The predicted molar refractivity (Wildman–Crippen MR) is 82.8 cm³/mol. The van der Waals surface area contributed by atoms with Crippen molar-refractivity contribution in [3.63, 3.8) is 0 Å². The molecule has 3 fully saturated rings. The Morgan fingerprint density at radius 3 is 2.79 bits per heavy atom. The van der Waals surface area contributed by atoms with Gasteiger partial charge in [0.05, 0.1) is 12.7 Å². The van der Waals surface area contributed by atoms with Gasteiger partial charge in [0.15, 0.2) is 5.41 Å². The van der Waals surface area contributed by atoms with Crippen LogP contribution in [0.5, 0.6) is 0 Å². The number of amides is 1. The summed E-state index contributed by atoms with van der Waals surface area (Å²) >= 11 is 0. The molecule has 0 bridgehead atoms. The van der Waals surface area contributed by atoms with Crippen molar-refractivity contribution >= 4 is 17.7 Å². The number of ketones is 1. The summed E-state index contributed by atoms with van der Waals surface area (Å²) in [6.07, 6.45) is 1.03. The van der Waals surface area contributed by atoms with E-state index in [0.717, 1.165) is 6.42 Å². The summed E-state index contributed by atoms with van der Waals surface area (Å²) in [5, 5.41) is 2.80. The fourth-order valence-electron chi connectivity index (χ4n) is 4.82. The zero-order valence-electron chi connectivity index (χ0n) is 13.4. The second-order valence-electron chi connectivity index (χ2n) is 6.53. The normalized spacial score (nSPS) is 37.0. The van der Waals surface area contributed by atoms with Gasteiger partial charge in [-0.2, -0.15) is 0 Å². The van der Waals surface area contributed by atoms with Crippen molar-refractivity contribution in [3.05, 3.63) is 35.9 Å². The summed E-state index contributed by atoms with van der Waals surface area (Å²) < 4.78 is 11.2. The molecule has 1 amide bonds. The summed E-state index contributed by atoms with van der Waals surface area (Å²) in [6, 6.07) is 9.14. The molecule has 6 nitrogen and oxygen atoms in total. The maximum atomic E-state index is 12.9. The van der Waals surface area contributed by atoms with Gasteiger partial charge in [0.1, 0.15) is 5.54 Å². The van der Waals surface area contributed by atoms with Crippen molar-refractivity contribution in [3.8, 4) is 0 Å². The lowest BCUT2D eigenvalue weighted by Crippen LogP contribution is -2.79. The number of fused-ring (bicyclic) bond motifs is 4. The SMILES string of the molecule is CCOC(=O)[C@@]12C(=O)C(=O)N[C@]1(c1ccccc1)[C@H]1OCCC[C@@H]12. The fraction of sp³-hybridized carbons (Fsp3) is 0.500. The molecule has 6 heteroatoms. The number of Topliss-reactive ketones (excluding diaryl/α,β-unsaturated/α-hetero) is 1. The highest BCUT2D eigenvalue weighted by Crippen LogP contribution is 2.67. The van der Waals surface area contributed by atoms with Gasteiger partial charge in [-0.3, -0.25) is 14.4 Å². The van der Waals surface area contributed by atoms with Crippen LogP contribution in [0.3, 0.4) is 0 Å². The van der Waals surface area contributed by atoms with Crippen LogP contribution in [-0.4, -0.2) is 37.0 Å². The minimum atomic E-state index is -1.52. The van der Waals surface area contributed by atoms with Crippen molar-refractivity contribution in [2.75, 3.05) is 13.2 Å². The number of esters is 1. The van der Waals surface area contributed by atoms with Gasteiger partial charge in [-0.05, 0) is 25.3 Å². The molecule has 126 valence electrons. The molecule has 1 aromatic carbocycles. The summed E-state index contributed by atoms with van der Waals surface area (Å²) in [4.78, 5) is 38.1. The number of carbonyl (C=O) groups excluding carboxylic acids is 3. The number of carbonyl (C=O) groups is 3. The largest absolute Gasteiger partial charge is 0.465 e. The van der Waals surface area contributed by atoms with Crippen LogP contribution in [0.25, 0.3) is 0 Å². The van der Waals surface area contributed by atoms with Crippen LogP contribution in [0.2, 0.25) is 0 Å². The van der Waals surface area contributed by atoms with Gasteiger partial charge in [0, 0.05) is 12.5 Å². The maximum absolute atomic E-state index is 12.9. The summed E-state index contributed by atoms with van der Waals surface area (Å²) in [5.74, 6) is -2.39. The quantitative estimate of drug-likeness (QED) is 0.507. The van der Waals surface area contributed by atoms with Crippen LogP contribution in [0.4, 0.5) is 0 Å². The Hall–Kier alpha value is -2.21. The Kier molecular flexibility index (Phi) is 3.28. The van der Waals surface area contributed by atoms with E-state index in [0.29, 0.717) is 18.6 Å². The first-order valence-electron chi connectivity index (χ1n) is 8.32. The van der Waals surface area contributed by atoms with Crippen LogP contribution in [0.15, 0.2) is 30.3 Å². The molecule has 4 atom stereocenters. The Balaban J connectivity index is 1.94. The third-order valence-corrected chi connectivity index (χ3v) is 5.63. The van der Waals surface area contributed by atoms with E-state index in [2.05, 4.69) is 5.32 Å². The molecule has 0 unspecified atom stereocenters. The van der Waals surface area contributed by atoms with Crippen molar-refractivity contribution in [2.45, 2.75) is 31.4 Å². The van der Waals surface area contributed by atoms with E-state index in [1.165, 1.54) is 0 Å². The van der Waals surface area contributed by atoms with Crippen LogP contribution >= 0.6 is 0 Å². The van der Waals surface area contributed by atoms with E-state index in [9.17, 15) is 14.4 Å². The van der Waals surface area contributed by atoms with Crippen molar-refractivity contribution < 1.29 is 23.9 Å². The summed E-state index contributed by atoms with van der Waals surface area (Å²) in [7, 11) is 0. The molecule has 4 rings (SSSR count). The first-order valence-corrected chi connectivity index (χ1v) is 8.32. The van der Waals surface area contributed by atoms with E-state index in [4.69, 9.17) is 9.47 Å². The summed E-state index contributed by atoms with van der Waals surface area (Å²) in [5.41, 5.74) is -1.98. The van der Waals surface area contributed by atoms with Crippen LogP contribution in [0, 0.1) is 11.3 Å². The van der Waals surface area contributed by atoms with Gasteiger partial charge < -0.3 is 14.8 Å². The van der Waals surface area contributed by atoms with E-state index in [1.807, 2.05) is 30.3 Å². The van der Waals surface area contributed by atoms with E-state index in [-0.39, 0.29) is 12.5 Å². The van der Waals surface area contributed by atoms with Crippen LogP contribution in [-0.2, 0) is 29.4 Å². The number of rotatable bonds is 3. The Labute approximate surface area is 139 Å². The standard InChI is InChI=1S/C18H19NO5/c1-2-23-16(22)17-12-9-6-10-24-14(12)18(17,19-15(21)13(17)20)11-7-4-3-5-8-11/h3-5,7-8,12,14H,2,6,9-10H2,1H3,(H,19,21)/t12-,14-,17+,18+/m0/s1. The topological polar surface area (TPSA) is 81.7 Å². The lowest BCUT2D eigenvalue weighted by atomic mass is 9.43. The monoisotopic (exact) mass is 329 g/mol. The molecule has 1 N–H and O–H groups in total. The highest BCUT2D eigenvalue weighted by atomic mass is 16.5. The highest BCUT2D eigenvalue weighted by Gasteiger charge is 2.86. The average Bonchev–Trinajstić information content (AvgIpc) is 2.80. The predicted octanol–water partition coefficient (Wildman–Crippen LogP) is 0.939. The molecular weight excluding hydrogens is 310 g/mol. The highest BCUT2D eigenvalue weighted by molar-refractivity contribution is 6.46. The molecule has 2 aliphatic heterocycles. The molecule has 0 spiro atoms. The van der Waals surface area contributed by atoms with Gasteiger partial charge >= 0.3 is 5.97 Å². The molecule has 24 heavy (non-hydrogen) atoms. The van der Waals surface area contributed by atoms with Gasteiger partial charge in [-0.25, -0.2) is 0 Å². The third-order valence-electron chi connectivity index (χ3n) is 5.63. The lowest BCUT2D eigenvalue weighted by molar-refractivity contribution is -0.241. The molecule has 2 heterocycles. The van der Waals surface area contributed by atoms with Crippen molar-refractivity contribution in [1.82, 2.24) is 5.32 Å². The molecule has 0 aromatic heterocycles. The number of hydrogen-bond acceptors (Lipinski definition) is 5. The Bertz CT molecular complexity index is 717. The molecule has 3 aliphatic rings. The van der Waals surface area contributed by atoms with Crippen molar-refractivity contribution in [1.29, 1.82) is 0 Å². The molecule has 1 aromatic rings. The van der Waals surface area contributed by atoms with E-state index >= 15 is 0 Å². The lowest BCUT2D eigenvalue weighted by Gasteiger charge is -2.63. The van der Waals surface area contributed by atoms with Crippen molar-refractivity contribution in [2.24, 2.45) is 11.3 Å². The molecule has 1 saturated carbocycles. The second-order valence-corrected chi connectivity index (χ2v) is 6.53. The molecule has 1 aliphatic carbocycles. The second kappa shape index (κ2) is 5.14. The van der Waals surface area contributed by atoms with Crippen LogP contribution < -0.4 is 5.32 Å². The van der Waals surface area contributed by atoms with E-state index < -0.39 is 34.7 Å². The molecule has 0 radical (unpaired) electrons. The third kappa shape index (κ3) is 1.52. The van der Waals surface area contributed by atoms with Crippen LogP contribution in [0.1, 0.15) is 25.3 Å². The number of benzene rings is 1. The minimum Gasteiger partial charge on any atom is -0.465 e. The van der Waals surface area contributed by atoms with Gasteiger partial charge in [-0.1, -0.05) is 30.3 Å². The zero-order chi connectivity index (χ0) is 16.9. The number of nitrogens with one attached hydrogen (secondary N) is 1.